The number of benzene rings is 1. The second-order valence-electron chi connectivity index (χ2n) is 5.88. The SMILES string of the molecule is O=C1NC(=O)C(C2c3ccccc3OC3NC(=O)NC(=O)C32)C(=O)N1. The Balaban J connectivity index is 1.84. The van der Waals surface area contributed by atoms with Gasteiger partial charge in [-0.15, -0.1) is 0 Å². The van der Waals surface area contributed by atoms with Gasteiger partial charge >= 0.3 is 12.1 Å². The van der Waals surface area contributed by atoms with Crippen LogP contribution in [0.2, 0.25) is 0 Å². The van der Waals surface area contributed by atoms with Crippen molar-refractivity contribution < 1.29 is 28.7 Å². The van der Waals surface area contributed by atoms with Gasteiger partial charge in [0, 0.05) is 5.92 Å². The summed E-state index contributed by atoms with van der Waals surface area (Å²) in [5, 5.41) is 8.67. The van der Waals surface area contributed by atoms with Gasteiger partial charge in [0.15, 0.2) is 6.23 Å². The fourth-order valence-electron chi connectivity index (χ4n) is 3.48. The first-order valence-electron chi connectivity index (χ1n) is 7.48. The summed E-state index contributed by atoms with van der Waals surface area (Å²) >= 11 is 0. The predicted molar refractivity (Wildman–Crippen MR) is 78.9 cm³/mol. The molecule has 1 aromatic rings. The number of para-hydroxylation sites is 1. The Morgan fingerprint density at radius 1 is 0.760 bits per heavy atom. The monoisotopic (exact) mass is 344 g/mol. The van der Waals surface area contributed by atoms with Crippen molar-refractivity contribution in [2.24, 2.45) is 11.8 Å². The lowest BCUT2D eigenvalue weighted by molar-refractivity contribution is -0.141. The molecule has 128 valence electrons. The number of nitrogens with one attached hydrogen (secondary N) is 4. The van der Waals surface area contributed by atoms with E-state index in [0.717, 1.165) is 0 Å². The summed E-state index contributed by atoms with van der Waals surface area (Å²) in [5.41, 5.74) is 0.472. The number of carbonyl (C=O) groups is 5. The summed E-state index contributed by atoms with van der Waals surface area (Å²) in [6.45, 7) is 0. The third-order valence-electron chi connectivity index (χ3n) is 4.46. The van der Waals surface area contributed by atoms with Crippen LogP contribution in [-0.2, 0) is 14.4 Å². The van der Waals surface area contributed by atoms with Gasteiger partial charge in [0.05, 0.1) is 0 Å². The molecule has 25 heavy (non-hydrogen) atoms. The fourth-order valence-corrected chi connectivity index (χ4v) is 3.48. The zero-order chi connectivity index (χ0) is 17.7. The van der Waals surface area contributed by atoms with Crippen LogP contribution in [0.3, 0.4) is 0 Å². The van der Waals surface area contributed by atoms with Gasteiger partial charge in [0.25, 0.3) is 0 Å². The molecule has 2 saturated heterocycles. The van der Waals surface area contributed by atoms with Crippen LogP contribution in [0.4, 0.5) is 9.59 Å². The average molecular weight is 344 g/mol. The second-order valence-corrected chi connectivity index (χ2v) is 5.88. The van der Waals surface area contributed by atoms with Gasteiger partial charge in [-0.1, -0.05) is 18.2 Å². The summed E-state index contributed by atoms with van der Waals surface area (Å²) in [7, 11) is 0. The van der Waals surface area contributed by atoms with E-state index in [1.54, 1.807) is 24.3 Å². The molecule has 4 rings (SSSR count). The molecule has 4 N–H and O–H groups in total. The van der Waals surface area contributed by atoms with Crippen LogP contribution in [0.1, 0.15) is 11.5 Å². The van der Waals surface area contributed by atoms with Crippen molar-refractivity contribution in [2.75, 3.05) is 0 Å². The van der Waals surface area contributed by atoms with E-state index < -0.39 is 53.8 Å². The molecule has 7 amide bonds. The van der Waals surface area contributed by atoms with Crippen molar-refractivity contribution >= 4 is 29.8 Å². The van der Waals surface area contributed by atoms with Crippen molar-refractivity contribution in [2.45, 2.75) is 12.1 Å². The largest absolute Gasteiger partial charge is 0.469 e. The van der Waals surface area contributed by atoms with Gasteiger partial charge in [-0.05, 0) is 11.6 Å². The molecule has 10 heteroatoms. The van der Waals surface area contributed by atoms with Crippen molar-refractivity contribution in [3.63, 3.8) is 0 Å². The van der Waals surface area contributed by atoms with Gasteiger partial charge in [-0.25, -0.2) is 9.59 Å². The number of barbiturate groups is 1. The molecule has 10 nitrogen and oxygen atoms in total. The zero-order valence-corrected chi connectivity index (χ0v) is 12.6. The predicted octanol–water partition coefficient (Wildman–Crippen LogP) is -1.07. The highest BCUT2D eigenvalue weighted by atomic mass is 16.5. The van der Waals surface area contributed by atoms with E-state index >= 15 is 0 Å². The average Bonchev–Trinajstić information content (AvgIpc) is 2.52. The lowest BCUT2D eigenvalue weighted by atomic mass is 9.72. The molecule has 3 aliphatic rings. The summed E-state index contributed by atoms with van der Waals surface area (Å²) in [6.07, 6.45) is -1.03. The Kier molecular flexibility index (Phi) is 3.20. The Hall–Kier alpha value is -3.43. The molecule has 0 aliphatic carbocycles. The first-order chi connectivity index (χ1) is 12.0. The summed E-state index contributed by atoms with van der Waals surface area (Å²) in [4.78, 5) is 59.9. The number of rotatable bonds is 1. The molecule has 0 saturated carbocycles. The standard InChI is InChI=1S/C15H12N4O6/c20-10-8(11(21)17-14(23)16-10)7-5-3-1-2-4-6(5)25-13-9(7)12(22)18-15(24)19-13/h1-4,7-9,13H,(H2,18,19,22,24)(H2,16,17,20,21,23). The maximum Gasteiger partial charge on any atom is 0.328 e. The molecule has 1 aromatic carbocycles. The van der Waals surface area contributed by atoms with E-state index in [0.29, 0.717) is 11.3 Å². The van der Waals surface area contributed by atoms with Gasteiger partial charge in [0.1, 0.15) is 17.6 Å². The van der Waals surface area contributed by atoms with E-state index in [9.17, 15) is 24.0 Å². The smallest absolute Gasteiger partial charge is 0.328 e. The Bertz CT molecular complexity index is 817. The Morgan fingerprint density at radius 2 is 1.40 bits per heavy atom. The maximum absolute atomic E-state index is 12.4. The minimum Gasteiger partial charge on any atom is -0.469 e. The van der Waals surface area contributed by atoms with Gasteiger partial charge in [-0.3, -0.25) is 30.3 Å². The highest BCUT2D eigenvalue weighted by Gasteiger charge is 2.54. The molecule has 2 fully saturated rings. The highest BCUT2D eigenvalue weighted by molar-refractivity contribution is 6.17. The van der Waals surface area contributed by atoms with Crippen molar-refractivity contribution in [1.82, 2.24) is 21.3 Å². The lowest BCUT2D eigenvalue weighted by Crippen LogP contribution is -2.66. The number of hydrogen-bond acceptors (Lipinski definition) is 6. The van der Waals surface area contributed by atoms with E-state index in [1.165, 1.54) is 0 Å². The van der Waals surface area contributed by atoms with Crippen molar-refractivity contribution in [3.05, 3.63) is 29.8 Å². The number of urea groups is 2. The van der Waals surface area contributed by atoms with E-state index in [2.05, 4.69) is 10.6 Å². The van der Waals surface area contributed by atoms with Crippen LogP contribution < -0.4 is 26.0 Å². The normalized spacial score (nSPS) is 28.6. The number of ether oxygens (including phenoxy) is 1. The number of hydrogen-bond donors (Lipinski definition) is 4. The highest BCUT2D eigenvalue weighted by Crippen LogP contribution is 2.45. The topological polar surface area (TPSA) is 143 Å². The van der Waals surface area contributed by atoms with Gasteiger partial charge in [-0.2, -0.15) is 0 Å². The van der Waals surface area contributed by atoms with Crippen LogP contribution >= 0.6 is 0 Å². The Labute approximate surface area is 140 Å². The molecule has 0 bridgehead atoms. The van der Waals surface area contributed by atoms with Crippen molar-refractivity contribution in [3.8, 4) is 5.75 Å². The number of fused-ring (bicyclic) bond motifs is 2. The summed E-state index contributed by atoms with van der Waals surface area (Å²) in [6, 6.07) is 4.98. The zero-order valence-electron chi connectivity index (χ0n) is 12.6. The minimum atomic E-state index is -1.32. The first kappa shape index (κ1) is 15.1. The van der Waals surface area contributed by atoms with Gasteiger partial charge in [0.2, 0.25) is 17.7 Å². The molecule has 3 atom stereocenters. The molecular formula is C15H12N4O6. The van der Waals surface area contributed by atoms with Gasteiger partial charge < -0.3 is 10.1 Å². The number of carbonyl (C=O) groups excluding carboxylic acids is 5. The molecule has 3 heterocycles. The van der Waals surface area contributed by atoms with Crippen molar-refractivity contribution in [1.29, 1.82) is 0 Å². The number of imide groups is 3. The summed E-state index contributed by atoms with van der Waals surface area (Å²) < 4.78 is 5.67. The summed E-state index contributed by atoms with van der Waals surface area (Å²) in [5.74, 6) is -5.17. The molecule has 3 aliphatic heterocycles. The molecule has 3 unspecified atom stereocenters. The van der Waals surface area contributed by atoms with Crippen LogP contribution in [0, 0.1) is 11.8 Å². The lowest BCUT2D eigenvalue weighted by Gasteiger charge is -2.43. The molecule has 0 radical (unpaired) electrons. The number of amides is 7. The van der Waals surface area contributed by atoms with E-state index in [-0.39, 0.29) is 0 Å². The molecular weight excluding hydrogens is 332 g/mol. The third kappa shape index (κ3) is 2.30. The first-order valence-corrected chi connectivity index (χ1v) is 7.48. The maximum atomic E-state index is 12.4. The second kappa shape index (κ2) is 5.30. The minimum absolute atomic E-state index is 0.348. The van der Waals surface area contributed by atoms with E-state index in [1.807, 2.05) is 10.6 Å². The third-order valence-corrected chi connectivity index (χ3v) is 4.46. The Morgan fingerprint density at radius 3 is 2.12 bits per heavy atom. The molecule has 0 aromatic heterocycles. The van der Waals surface area contributed by atoms with Crippen LogP contribution in [0.5, 0.6) is 5.75 Å². The van der Waals surface area contributed by atoms with Crippen LogP contribution in [0.25, 0.3) is 0 Å². The van der Waals surface area contributed by atoms with Crippen LogP contribution in [0.15, 0.2) is 24.3 Å². The van der Waals surface area contributed by atoms with E-state index in [4.69, 9.17) is 4.74 Å². The van der Waals surface area contributed by atoms with Crippen LogP contribution in [-0.4, -0.2) is 36.0 Å². The quantitative estimate of drug-likeness (QED) is 0.478. The fraction of sp³-hybridized carbons (Fsp3) is 0.267. The molecule has 0 spiro atoms.